The number of nitrogens with one attached hydrogen (secondary N) is 1. The standard InChI is InChI=1S/C17H26N2O6/c20-14(7-4-8-15(21)22)19-10-9-18-17(24)13(19)11-16(23)25-12-5-2-1-3-6-12/h12-13H,1-11H2,(H,18,24)(H,21,22)/p-1/t13-/m0/s1. The second-order valence-electron chi connectivity index (χ2n) is 6.57. The summed E-state index contributed by atoms with van der Waals surface area (Å²) in [5.74, 6) is -2.38. The van der Waals surface area contributed by atoms with E-state index in [2.05, 4.69) is 5.32 Å². The molecule has 1 atom stereocenters. The molecule has 25 heavy (non-hydrogen) atoms. The summed E-state index contributed by atoms with van der Waals surface area (Å²) in [6.45, 7) is 0.622. The lowest BCUT2D eigenvalue weighted by Crippen LogP contribution is -2.58. The summed E-state index contributed by atoms with van der Waals surface area (Å²) in [5.41, 5.74) is 0. The first kappa shape index (κ1) is 19.2. The lowest BCUT2D eigenvalue weighted by atomic mass is 9.98. The van der Waals surface area contributed by atoms with Crippen molar-refractivity contribution >= 4 is 23.8 Å². The fourth-order valence-corrected chi connectivity index (χ4v) is 3.32. The Morgan fingerprint density at radius 3 is 2.56 bits per heavy atom. The lowest BCUT2D eigenvalue weighted by molar-refractivity contribution is -0.305. The maximum absolute atomic E-state index is 12.3. The van der Waals surface area contributed by atoms with Crippen molar-refractivity contribution in [1.82, 2.24) is 10.2 Å². The van der Waals surface area contributed by atoms with Gasteiger partial charge in [-0.15, -0.1) is 0 Å². The first-order valence-electron chi connectivity index (χ1n) is 8.94. The first-order chi connectivity index (χ1) is 12.0. The van der Waals surface area contributed by atoms with Crippen molar-refractivity contribution in [3.05, 3.63) is 0 Å². The smallest absolute Gasteiger partial charge is 0.308 e. The molecule has 8 heteroatoms. The highest BCUT2D eigenvalue weighted by molar-refractivity contribution is 5.92. The van der Waals surface area contributed by atoms with Gasteiger partial charge in [0, 0.05) is 25.5 Å². The molecule has 0 unspecified atom stereocenters. The number of piperazine rings is 1. The number of esters is 1. The number of rotatable bonds is 7. The zero-order valence-corrected chi connectivity index (χ0v) is 14.3. The molecule has 2 aliphatic rings. The topological polar surface area (TPSA) is 116 Å². The number of ether oxygens (including phenoxy) is 1. The van der Waals surface area contributed by atoms with E-state index >= 15 is 0 Å². The van der Waals surface area contributed by atoms with Crippen LogP contribution in [0.3, 0.4) is 0 Å². The van der Waals surface area contributed by atoms with E-state index < -0.39 is 18.0 Å². The van der Waals surface area contributed by atoms with E-state index in [9.17, 15) is 24.3 Å². The molecule has 1 N–H and O–H groups in total. The predicted octanol–water partition coefficient (Wildman–Crippen LogP) is -0.500. The SMILES string of the molecule is O=C([O-])CCCC(=O)N1CCNC(=O)[C@@H]1CC(=O)OC1CCCCC1. The molecule has 8 nitrogen and oxygen atoms in total. The van der Waals surface area contributed by atoms with Gasteiger partial charge in [0.1, 0.15) is 12.1 Å². The minimum Gasteiger partial charge on any atom is -0.550 e. The van der Waals surface area contributed by atoms with Crippen LogP contribution in [0.25, 0.3) is 0 Å². The van der Waals surface area contributed by atoms with Gasteiger partial charge in [0.15, 0.2) is 0 Å². The number of carbonyl (C=O) groups is 4. The molecule has 1 saturated heterocycles. The molecule has 0 aromatic carbocycles. The number of carboxylic acids is 1. The van der Waals surface area contributed by atoms with Crippen molar-refractivity contribution in [2.24, 2.45) is 0 Å². The van der Waals surface area contributed by atoms with Gasteiger partial charge in [-0.05, 0) is 38.5 Å². The van der Waals surface area contributed by atoms with E-state index in [-0.39, 0.29) is 43.6 Å². The van der Waals surface area contributed by atoms with Crippen molar-refractivity contribution in [3.8, 4) is 0 Å². The second-order valence-corrected chi connectivity index (χ2v) is 6.57. The van der Waals surface area contributed by atoms with Gasteiger partial charge in [-0.25, -0.2) is 0 Å². The Kier molecular flexibility index (Phi) is 7.21. The van der Waals surface area contributed by atoms with Gasteiger partial charge in [-0.2, -0.15) is 0 Å². The Morgan fingerprint density at radius 2 is 1.88 bits per heavy atom. The zero-order valence-electron chi connectivity index (χ0n) is 14.3. The van der Waals surface area contributed by atoms with Crippen LogP contribution in [0.5, 0.6) is 0 Å². The predicted molar refractivity (Wildman–Crippen MR) is 85.0 cm³/mol. The molecule has 1 saturated carbocycles. The third-order valence-corrected chi connectivity index (χ3v) is 4.63. The molecular weight excluding hydrogens is 328 g/mol. The molecule has 0 spiro atoms. The molecule has 0 bridgehead atoms. The highest BCUT2D eigenvalue weighted by Gasteiger charge is 2.35. The zero-order chi connectivity index (χ0) is 18.2. The highest BCUT2D eigenvalue weighted by atomic mass is 16.5. The van der Waals surface area contributed by atoms with Gasteiger partial charge < -0.3 is 24.9 Å². The van der Waals surface area contributed by atoms with Crippen LogP contribution < -0.4 is 10.4 Å². The third kappa shape index (κ3) is 6.03. The number of amides is 2. The van der Waals surface area contributed by atoms with E-state index in [4.69, 9.17) is 4.74 Å². The normalized spacial score (nSPS) is 21.5. The van der Waals surface area contributed by atoms with Crippen LogP contribution in [-0.4, -0.2) is 53.9 Å². The van der Waals surface area contributed by atoms with Crippen molar-refractivity contribution in [3.63, 3.8) is 0 Å². The molecule has 2 amide bonds. The van der Waals surface area contributed by atoms with E-state index in [1.54, 1.807) is 0 Å². The van der Waals surface area contributed by atoms with Crippen molar-refractivity contribution in [2.75, 3.05) is 13.1 Å². The summed E-state index contributed by atoms with van der Waals surface area (Å²) in [4.78, 5) is 48.4. The average molecular weight is 353 g/mol. The second kappa shape index (κ2) is 9.39. The molecular formula is C17H25N2O6-. The van der Waals surface area contributed by atoms with Crippen LogP contribution in [0.15, 0.2) is 0 Å². The minimum absolute atomic E-state index is 0.00936. The van der Waals surface area contributed by atoms with Gasteiger partial charge in [-0.3, -0.25) is 14.4 Å². The fraction of sp³-hybridized carbons (Fsp3) is 0.765. The molecule has 1 aliphatic heterocycles. The summed E-state index contributed by atoms with van der Waals surface area (Å²) < 4.78 is 5.44. The van der Waals surface area contributed by atoms with Crippen molar-refractivity contribution in [1.29, 1.82) is 0 Å². The van der Waals surface area contributed by atoms with Crippen molar-refractivity contribution in [2.45, 2.75) is 69.9 Å². The third-order valence-electron chi connectivity index (χ3n) is 4.63. The van der Waals surface area contributed by atoms with E-state index in [0.29, 0.717) is 13.1 Å². The van der Waals surface area contributed by atoms with Crippen LogP contribution >= 0.6 is 0 Å². The summed E-state index contributed by atoms with van der Waals surface area (Å²) in [6, 6.07) is -0.889. The van der Waals surface area contributed by atoms with Gasteiger partial charge >= 0.3 is 5.97 Å². The molecule has 2 rings (SSSR count). The van der Waals surface area contributed by atoms with E-state index in [0.717, 1.165) is 32.1 Å². The van der Waals surface area contributed by atoms with Gasteiger partial charge in [0.2, 0.25) is 11.8 Å². The maximum atomic E-state index is 12.3. The number of hydrogen-bond donors (Lipinski definition) is 1. The van der Waals surface area contributed by atoms with Crippen LogP contribution in [0.2, 0.25) is 0 Å². The molecule has 0 aromatic rings. The largest absolute Gasteiger partial charge is 0.550 e. The Hall–Kier alpha value is -2.12. The quantitative estimate of drug-likeness (QED) is 0.617. The highest BCUT2D eigenvalue weighted by Crippen LogP contribution is 2.21. The summed E-state index contributed by atoms with van der Waals surface area (Å²) in [7, 11) is 0. The van der Waals surface area contributed by atoms with Gasteiger partial charge in [-0.1, -0.05) is 6.42 Å². The summed E-state index contributed by atoms with van der Waals surface area (Å²) >= 11 is 0. The van der Waals surface area contributed by atoms with Crippen LogP contribution in [-0.2, 0) is 23.9 Å². The van der Waals surface area contributed by atoms with Gasteiger partial charge in [0.25, 0.3) is 0 Å². The number of carbonyl (C=O) groups excluding carboxylic acids is 4. The number of hydrogen-bond acceptors (Lipinski definition) is 6. The Morgan fingerprint density at radius 1 is 1.16 bits per heavy atom. The maximum Gasteiger partial charge on any atom is 0.308 e. The summed E-state index contributed by atoms with van der Waals surface area (Å²) in [6.07, 6.45) is 4.58. The van der Waals surface area contributed by atoms with E-state index in [1.807, 2.05) is 0 Å². The van der Waals surface area contributed by atoms with Crippen LogP contribution in [0.4, 0.5) is 0 Å². The van der Waals surface area contributed by atoms with Gasteiger partial charge in [0.05, 0.1) is 6.42 Å². The molecule has 2 fully saturated rings. The van der Waals surface area contributed by atoms with E-state index in [1.165, 1.54) is 4.90 Å². The molecule has 0 radical (unpaired) electrons. The minimum atomic E-state index is -1.21. The Labute approximate surface area is 146 Å². The molecule has 1 aliphatic carbocycles. The van der Waals surface area contributed by atoms with Crippen LogP contribution in [0.1, 0.15) is 57.8 Å². The number of nitrogens with zero attached hydrogens (tertiary/aromatic N) is 1. The fourth-order valence-electron chi connectivity index (χ4n) is 3.32. The Bertz CT molecular complexity index is 515. The average Bonchev–Trinajstić information content (AvgIpc) is 2.57. The first-order valence-corrected chi connectivity index (χ1v) is 8.94. The number of carboxylic acid groups (broad SMARTS) is 1. The molecule has 140 valence electrons. The number of aliphatic carboxylic acids is 1. The molecule has 1 heterocycles. The monoisotopic (exact) mass is 353 g/mol. The van der Waals surface area contributed by atoms with Crippen LogP contribution in [0, 0.1) is 0 Å². The Balaban J connectivity index is 1.89. The lowest BCUT2D eigenvalue weighted by Gasteiger charge is -2.35. The summed E-state index contributed by atoms with van der Waals surface area (Å²) in [5, 5.41) is 13.1. The molecule has 0 aromatic heterocycles. The van der Waals surface area contributed by atoms with Crippen molar-refractivity contribution < 1.29 is 29.0 Å².